The average molecular weight is 201 g/mol. The van der Waals surface area contributed by atoms with Gasteiger partial charge in [-0.05, 0) is 13.0 Å². The molecule has 1 heterocycles. The van der Waals surface area contributed by atoms with Gasteiger partial charge in [0.15, 0.2) is 0 Å². The van der Waals surface area contributed by atoms with Gasteiger partial charge in [-0.2, -0.15) is 0 Å². The lowest BCUT2D eigenvalue weighted by molar-refractivity contribution is -0.194. The molecule has 0 aromatic carbocycles. The van der Waals surface area contributed by atoms with E-state index in [9.17, 15) is 4.79 Å². The molecule has 0 aromatic heterocycles. The Kier molecular flexibility index (Phi) is 4.90. The second-order valence-corrected chi connectivity index (χ2v) is 3.43. The third kappa shape index (κ3) is 3.64. The fraction of sp³-hybridized carbons (Fsp3) is 0.900. The average Bonchev–Trinajstić information content (AvgIpc) is 2.18. The third-order valence-corrected chi connectivity index (χ3v) is 2.28. The van der Waals surface area contributed by atoms with Crippen molar-refractivity contribution in [2.45, 2.75) is 33.0 Å². The first-order valence-corrected chi connectivity index (χ1v) is 5.29. The Morgan fingerprint density at radius 1 is 1.57 bits per heavy atom. The molecule has 4 nitrogen and oxygen atoms in total. The molecule has 14 heavy (non-hydrogen) atoms. The highest BCUT2D eigenvalue weighted by molar-refractivity contribution is 5.69. The number of likely N-dealkylation sites (N-methyl/N-ethyl adjacent to an activating group) is 1. The summed E-state index contributed by atoms with van der Waals surface area (Å²) in [6.45, 7) is 7.31. The lowest BCUT2D eigenvalue weighted by atomic mass is 10.3. The van der Waals surface area contributed by atoms with E-state index >= 15 is 0 Å². The van der Waals surface area contributed by atoms with Crippen LogP contribution in [0.5, 0.6) is 0 Å². The Morgan fingerprint density at radius 2 is 2.36 bits per heavy atom. The topological polar surface area (TPSA) is 38.8 Å². The second kappa shape index (κ2) is 5.98. The van der Waals surface area contributed by atoms with Crippen molar-refractivity contribution in [1.29, 1.82) is 0 Å². The molecule has 0 spiro atoms. The Morgan fingerprint density at radius 3 is 3.00 bits per heavy atom. The number of morpholine rings is 1. The fourth-order valence-corrected chi connectivity index (χ4v) is 1.44. The second-order valence-electron chi connectivity index (χ2n) is 3.43. The van der Waals surface area contributed by atoms with Crippen molar-refractivity contribution < 1.29 is 14.3 Å². The third-order valence-electron chi connectivity index (χ3n) is 2.28. The summed E-state index contributed by atoms with van der Waals surface area (Å²) < 4.78 is 10.5. The van der Waals surface area contributed by atoms with Crippen LogP contribution in [0.3, 0.4) is 0 Å². The van der Waals surface area contributed by atoms with Crippen molar-refractivity contribution in [1.82, 2.24) is 4.90 Å². The normalized spacial score (nSPS) is 23.4. The van der Waals surface area contributed by atoms with E-state index in [0.29, 0.717) is 19.6 Å². The summed E-state index contributed by atoms with van der Waals surface area (Å²) >= 11 is 0. The van der Waals surface area contributed by atoms with E-state index in [1.807, 2.05) is 6.92 Å². The number of hydrogen-bond acceptors (Lipinski definition) is 4. The quantitative estimate of drug-likeness (QED) is 0.636. The van der Waals surface area contributed by atoms with Gasteiger partial charge in [-0.1, -0.05) is 13.8 Å². The van der Waals surface area contributed by atoms with Gasteiger partial charge in [0.1, 0.15) is 0 Å². The summed E-state index contributed by atoms with van der Waals surface area (Å²) in [5.41, 5.74) is 0. The van der Waals surface area contributed by atoms with Gasteiger partial charge >= 0.3 is 5.97 Å². The molecule has 1 fully saturated rings. The first kappa shape index (κ1) is 11.5. The summed E-state index contributed by atoms with van der Waals surface area (Å²) in [5, 5.41) is 0. The number of hydrogen-bond donors (Lipinski definition) is 0. The van der Waals surface area contributed by atoms with Crippen LogP contribution >= 0.6 is 0 Å². The summed E-state index contributed by atoms with van der Waals surface area (Å²) in [7, 11) is 0. The van der Waals surface area contributed by atoms with Gasteiger partial charge < -0.3 is 9.47 Å². The van der Waals surface area contributed by atoms with Crippen LogP contribution in [-0.4, -0.2) is 43.4 Å². The summed E-state index contributed by atoms with van der Waals surface area (Å²) in [6, 6.07) is 0. The Hall–Kier alpha value is -0.610. The molecule has 1 saturated heterocycles. The lowest BCUT2D eigenvalue weighted by Gasteiger charge is -2.31. The minimum Gasteiger partial charge on any atom is -0.434 e. The van der Waals surface area contributed by atoms with Crippen molar-refractivity contribution in [3.05, 3.63) is 0 Å². The number of nitrogens with zero attached hydrogens (tertiary/aromatic N) is 1. The minimum absolute atomic E-state index is 0.157. The summed E-state index contributed by atoms with van der Waals surface area (Å²) in [5.74, 6) is -0.157. The monoisotopic (exact) mass is 201 g/mol. The van der Waals surface area contributed by atoms with E-state index in [4.69, 9.17) is 9.47 Å². The van der Waals surface area contributed by atoms with Crippen LogP contribution < -0.4 is 0 Å². The standard InChI is InChI=1S/C10H19NO3/c1-3-5-9(12)14-10-8-11(4-2)6-7-13-10/h10H,3-8H2,1-2H3. The van der Waals surface area contributed by atoms with E-state index in [2.05, 4.69) is 11.8 Å². The van der Waals surface area contributed by atoms with Crippen molar-refractivity contribution in [3.8, 4) is 0 Å². The molecule has 4 heteroatoms. The molecule has 1 unspecified atom stereocenters. The molecule has 0 N–H and O–H groups in total. The van der Waals surface area contributed by atoms with Gasteiger partial charge in [0, 0.05) is 13.0 Å². The van der Waals surface area contributed by atoms with Gasteiger partial charge in [0.2, 0.25) is 6.29 Å². The van der Waals surface area contributed by atoms with Crippen molar-refractivity contribution in [2.24, 2.45) is 0 Å². The molecule has 82 valence electrons. The predicted molar refractivity (Wildman–Crippen MR) is 52.9 cm³/mol. The van der Waals surface area contributed by atoms with E-state index < -0.39 is 0 Å². The molecular weight excluding hydrogens is 182 g/mol. The zero-order valence-electron chi connectivity index (χ0n) is 8.99. The van der Waals surface area contributed by atoms with Gasteiger partial charge in [0.25, 0.3) is 0 Å². The highest BCUT2D eigenvalue weighted by atomic mass is 16.7. The zero-order valence-corrected chi connectivity index (χ0v) is 8.99. The zero-order chi connectivity index (χ0) is 10.4. The lowest BCUT2D eigenvalue weighted by Crippen LogP contribution is -2.44. The number of ether oxygens (including phenoxy) is 2. The molecule has 0 radical (unpaired) electrons. The van der Waals surface area contributed by atoms with Crippen LogP contribution in [0.25, 0.3) is 0 Å². The molecule has 0 amide bonds. The van der Waals surface area contributed by atoms with Gasteiger partial charge in [-0.3, -0.25) is 9.69 Å². The van der Waals surface area contributed by atoms with Gasteiger partial charge in [0.05, 0.1) is 13.2 Å². The molecule has 1 atom stereocenters. The first-order valence-electron chi connectivity index (χ1n) is 5.29. The molecule has 1 aliphatic heterocycles. The van der Waals surface area contributed by atoms with Gasteiger partial charge in [-0.15, -0.1) is 0 Å². The maximum absolute atomic E-state index is 11.2. The molecule has 0 saturated carbocycles. The van der Waals surface area contributed by atoms with Crippen LogP contribution in [-0.2, 0) is 14.3 Å². The maximum Gasteiger partial charge on any atom is 0.308 e. The highest BCUT2D eigenvalue weighted by Crippen LogP contribution is 2.07. The molecule has 1 aliphatic rings. The Bertz CT molecular complexity index is 184. The molecule has 0 bridgehead atoms. The van der Waals surface area contributed by atoms with Crippen LogP contribution in [0, 0.1) is 0 Å². The number of carbonyl (C=O) groups is 1. The maximum atomic E-state index is 11.2. The van der Waals surface area contributed by atoms with E-state index in [1.54, 1.807) is 0 Å². The number of esters is 1. The molecule has 0 aliphatic carbocycles. The first-order chi connectivity index (χ1) is 6.76. The van der Waals surface area contributed by atoms with Crippen LogP contribution in [0.2, 0.25) is 0 Å². The summed E-state index contributed by atoms with van der Waals surface area (Å²) in [4.78, 5) is 13.4. The Labute approximate surface area is 85.2 Å². The number of rotatable bonds is 4. The molecular formula is C10H19NO3. The predicted octanol–water partition coefficient (Wildman–Crippen LogP) is 1.01. The van der Waals surface area contributed by atoms with Crippen LogP contribution in [0.15, 0.2) is 0 Å². The minimum atomic E-state index is -0.359. The van der Waals surface area contributed by atoms with Crippen LogP contribution in [0.1, 0.15) is 26.7 Å². The van der Waals surface area contributed by atoms with Crippen molar-refractivity contribution in [3.63, 3.8) is 0 Å². The SMILES string of the molecule is CCCC(=O)OC1CN(CC)CCO1. The number of carbonyl (C=O) groups excluding carboxylic acids is 1. The van der Waals surface area contributed by atoms with E-state index in [0.717, 1.165) is 19.5 Å². The smallest absolute Gasteiger partial charge is 0.308 e. The molecule has 1 rings (SSSR count). The highest BCUT2D eigenvalue weighted by Gasteiger charge is 2.21. The van der Waals surface area contributed by atoms with Crippen LogP contribution in [0.4, 0.5) is 0 Å². The molecule has 0 aromatic rings. The van der Waals surface area contributed by atoms with Crippen molar-refractivity contribution in [2.75, 3.05) is 26.2 Å². The van der Waals surface area contributed by atoms with Gasteiger partial charge in [-0.25, -0.2) is 0 Å². The Balaban J connectivity index is 2.26. The largest absolute Gasteiger partial charge is 0.434 e. The fourth-order valence-electron chi connectivity index (χ4n) is 1.44. The summed E-state index contributed by atoms with van der Waals surface area (Å²) in [6.07, 6.45) is 0.942. The van der Waals surface area contributed by atoms with E-state index in [-0.39, 0.29) is 12.3 Å². The van der Waals surface area contributed by atoms with E-state index in [1.165, 1.54) is 0 Å². The van der Waals surface area contributed by atoms with Crippen molar-refractivity contribution >= 4 is 5.97 Å².